The standard InChI is InChI=1S/C21H22N2O5/c1-22-19(24)11-10-18(20(25)26)23-21(27)28-12-17-15-8-4-2-6-13(15)14-7-3-5-9-16(14)17/h2-9,17-18H,10-12H2,1H3,(H,22,24)(H,23,27)(H,25,26). The zero-order valence-electron chi connectivity index (χ0n) is 15.5. The molecule has 0 heterocycles. The third-order valence-corrected chi connectivity index (χ3v) is 4.87. The Hall–Kier alpha value is -3.35. The van der Waals surface area contributed by atoms with Gasteiger partial charge in [-0.2, -0.15) is 0 Å². The van der Waals surface area contributed by atoms with Crippen LogP contribution in [0.4, 0.5) is 4.79 Å². The number of ether oxygens (including phenoxy) is 1. The normalized spacial score (nSPS) is 13.2. The Kier molecular flexibility index (Phi) is 5.93. The third-order valence-electron chi connectivity index (χ3n) is 4.87. The quantitative estimate of drug-likeness (QED) is 0.682. The molecule has 1 unspecified atom stereocenters. The van der Waals surface area contributed by atoms with Gasteiger partial charge in [0.25, 0.3) is 0 Å². The van der Waals surface area contributed by atoms with Gasteiger partial charge in [0.1, 0.15) is 12.6 Å². The topological polar surface area (TPSA) is 105 Å². The van der Waals surface area contributed by atoms with Crippen molar-refractivity contribution in [1.29, 1.82) is 0 Å². The lowest BCUT2D eigenvalue weighted by atomic mass is 9.98. The van der Waals surface area contributed by atoms with E-state index in [-0.39, 0.29) is 31.3 Å². The fraction of sp³-hybridized carbons (Fsp3) is 0.286. The molecular weight excluding hydrogens is 360 g/mol. The molecule has 2 aromatic rings. The lowest BCUT2D eigenvalue weighted by Gasteiger charge is -2.17. The molecule has 0 saturated carbocycles. The van der Waals surface area contributed by atoms with E-state index in [1.807, 2.05) is 48.5 Å². The van der Waals surface area contributed by atoms with Crippen LogP contribution in [0.1, 0.15) is 29.9 Å². The van der Waals surface area contributed by atoms with Crippen molar-refractivity contribution in [3.05, 3.63) is 59.7 Å². The average Bonchev–Trinajstić information content (AvgIpc) is 3.03. The van der Waals surface area contributed by atoms with Crippen LogP contribution in [0.3, 0.4) is 0 Å². The first-order valence-electron chi connectivity index (χ1n) is 9.06. The summed E-state index contributed by atoms with van der Waals surface area (Å²) in [7, 11) is 1.47. The first-order valence-corrected chi connectivity index (χ1v) is 9.06. The molecule has 0 saturated heterocycles. The van der Waals surface area contributed by atoms with Gasteiger partial charge < -0.3 is 20.5 Å². The zero-order valence-corrected chi connectivity index (χ0v) is 15.5. The van der Waals surface area contributed by atoms with Gasteiger partial charge in [-0.25, -0.2) is 9.59 Å². The molecule has 3 N–H and O–H groups in total. The number of carboxylic acids is 1. The molecule has 2 aromatic carbocycles. The molecule has 7 nitrogen and oxygen atoms in total. The number of nitrogens with one attached hydrogen (secondary N) is 2. The van der Waals surface area contributed by atoms with Crippen molar-refractivity contribution in [3.8, 4) is 11.1 Å². The van der Waals surface area contributed by atoms with Crippen LogP contribution in [0.15, 0.2) is 48.5 Å². The lowest BCUT2D eigenvalue weighted by Crippen LogP contribution is -2.42. The molecule has 3 rings (SSSR count). The minimum Gasteiger partial charge on any atom is -0.480 e. The van der Waals surface area contributed by atoms with Gasteiger partial charge in [-0.1, -0.05) is 48.5 Å². The van der Waals surface area contributed by atoms with Crippen LogP contribution >= 0.6 is 0 Å². The molecule has 146 valence electrons. The van der Waals surface area contributed by atoms with Crippen molar-refractivity contribution < 1.29 is 24.2 Å². The fourth-order valence-electron chi connectivity index (χ4n) is 3.44. The van der Waals surface area contributed by atoms with E-state index in [0.717, 1.165) is 22.3 Å². The lowest BCUT2D eigenvalue weighted by molar-refractivity contribution is -0.139. The number of carbonyl (C=O) groups excluding carboxylic acids is 2. The van der Waals surface area contributed by atoms with Crippen molar-refractivity contribution in [2.75, 3.05) is 13.7 Å². The monoisotopic (exact) mass is 382 g/mol. The first-order chi connectivity index (χ1) is 13.5. The predicted octanol–water partition coefficient (Wildman–Crippen LogP) is 2.50. The Labute approximate surface area is 162 Å². The molecule has 0 aromatic heterocycles. The number of carboxylic acid groups (broad SMARTS) is 1. The molecule has 0 spiro atoms. The Bertz CT molecular complexity index is 850. The van der Waals surface area contributed by atoms with Gasteiger partial charge >= 0.3 is 12.1 Å². The number of fused-ring (bicyclic) bond motifs is 3. The van der Waals surface area contributed by atoms with Gasteiger partial charge in [0, 0.05) is 19.4 Å². The van der Waals surface area contributed by atoms with E-state index in [0.29, 0.717) is 0 Å². The Morgan fingerprint density at radius 2 is 1.61 bits per heavy atom. The highest BCUT2D eigenvalue weighted by molar-refractivity contribution is 5.82. The smallest absolute Gasteiger partial charge is 0.407 e. The number of benzene rings is 2. The summed E-state index contributed by atoms with van der Waals surface area (Å²) in [6.45, 7) is 0.0989. The maximum atomic E-state index is 12.2. The Morgan fingerprint density at radius 1 is 1.04 bits per heavy atom. The van der Waals surface area contributed by atoms with Crippen molar-refractivity contribution in [1.82, 2.24) is 10.6 Å². The summed E-state index contributed by atoms with van der Waals surface area (Å²) in [5.41, 5.74) is 4.37. The molecule has 0 fully saturated rings. The highest BCUT2D eigenvalue weighted by Gasteiger charge is 2.29. The van der Waals surface area contributed by atoms with Gasteiger partial charge in [-0.3, -0.25) is 4.79 Å². The summed E-state index contributed by atoms with van der Waals surface area (Å²) in [6.07, 6.45) is -0.831. The first kappa shape index (κ1) is 19.4. The molecule has 1 aliphatic rings. The molecule has 1 aliphatic carbocycles. The van der Waals surface area contributed by atoms with Crippen LogP contribution in [0.2, 0.25) is 0 Å². The summed E-state index contributed by atoms with van der Waals surface area (Å²) >= 11 is 0. The van der Waals surface area contributed by atoms with Crippen molar-refractivity contribution in [3.63, 3.8) is 0 Å². The largest absolute Gasteiger partial charge is 0.480 e. The molecule has 1 atom stereocenters. The number of alkyl carbamates (subject to hydrolysis) is 1. The van der Waals surface area contributed by atoms with Crippen molar-refractivity contribution >= 4 is 18.0 Å². The minimum atomic E-state index is -1.21. The van der Waals surface area contributed by atoms with Gasteiger partial charge in [0.2, 0.25) is 5.91 Å². The van der Waals surface area contributed by atoms with E-state index in [2.05, 4.69) is 10.6 Å². The predicted molar refractivity (Wildman–Crippen MR) is 103 cm³/mol. The summed E-state index contributed by atoms with van der Waals surface area (Å²) in [5.74, 6) is -1.61. The van der Waals surface area contributed by atoms with E-state index in [1.165, 1.54) is 7.05 Å². The van der Waals surface area contributed by atoms with E-state index in [4.69, 9.17) is 4.74 Å². The molecular formula is C21H22N2O5. The molecule has 2 amide bonds. The number of carbonyl (C=O) groups is 3. The van der Waals surface area contributed by atoms with Gasteiger partial charge in [0.15, 0.2) is 0 Å². The highest BCUT2D eigenvalue weighted by atomic mass is 16.5. The zero-order chi connectivity index (χ0) is 20.1. The minimum absolute atomic E-state index is 0.00285. The van der Waals surface area contributed by atoms with Gasteiger partial charge in [-0.15, -0.1) is 0 Å². The van der Waals surface area contributed by atoms with E-state index < -0.39 is 18.1 Å². The van der Waals surface area contributed by atoms with Crippen LogP contribution in [0.25, 0.3) is 11.1 Å². The van der Waals surface area contributed by atoms with Crippen LogP contribution in [0, 0.1) is 0 Å². The highest BCUT2D eigenvalue weighted by Crippen LogP contribution is 2.44. The summed E-state index contributed by atoms with van der Waals surface area (Å²) < 4.78 is 5.34. The van der Waals surface area contributed by atoms with Crippen molar-refractivity contribution in [2.45, 2.75) is 24.8 Å². The molecule has 7 heteroatoms. The van der Waals surface area contributed by atoms with Crippen LogP contribution in [0.5, 0.6) is 0 Å². The van der Waals surface area contributed by atoms with Crippen molar-refractivity contribution in [2.24, 2.45) is 0 Å². The second-order valence-electron chi connectivity index (χ2n) is 6.57. The SMILES string of the molecule is CNC(=O)CCC(NC(=O)OCC1c2ccccc2-c2ccccc21)C(=O)O. The van der Waals surface area contributed by atoms with Gasteiger partial charge in [0.05, 0.1) is 0 Å². The van der Waals surface area contributed by atoms with E-state index >= 15 is 0 Å². The Balaban J connectivity index is 1.64. The van der Waals surface area contributed by atoms with E-state index in [1.54, 1.807) is 0 Å². The number of hydrogen-bond donors (Lipinski definition) is 3. The number of hydrogen-bond acceptors (Lipinski definition) is 4. The van der Waals surface area contributed by atoms with Crippen LogP contribution in [-0.2, 0) is 14.3 Å². The maximum Gasteiger partial charge on any atom is 0.407 e. The molecule has 0 aliphatic heterocycles. The summed E-state index contributed by atoms with van der Waals surface area (Å²) in [5, 5.41) is 14.0. The third kappa shape index (κ3) is 4.14. The average molecular weight is 382 g/mol. The number of rotatable bonds is 7. The summed E-state index contributed by atoms with van der Waals surface area (Å²) in [4.78, 5) is 34.8. The second-order valence-corrected chi connectivity index (χ2v) is 6.57. The maximum absolute atomic E-state index is 12.2. The van der Waals surface area contributed by atoms with Crippen LogP contribution in [-0.4, -0.2) is 42.8 Å². The number of amides is 2. The Morgan fingerprint density at radius 3 is 2.14 bits per heavy atom. The van der Waals surface area contributed by atoms with Gasteiger partial charge in [-0.05, 0) is 28.7 Å². The number of aliphatic carboxylic acids is 1. The molecule has 0 bridgehead atoms. The second kappa shape index (κ2) is 8.56. The van der Waals surface area contributed by atoms with Crippen LogP contribution < -0.4 is 10.6 Å². The van der Waals surface area contributed by atoms with E-state index in [9.17, 15) is 19.5 Å². The molecule has 0 radical (unpaired) electrons. The molecule has 28 heavy (non-hydrogen) atoms. The fourth-order valence-corrected chi connectivity index (χ4v) is 3.44. The summed E-state index contributed by atoms with van der Waals surface area (Å²) in [6, 6.07) is 14.7.